The van der Waals surface area contributed by atoms with E-state index in [-0.39, 0.29) is 0 Å². The van der Waals surface area contributed by atoms with E-state index in [9.17, 15) is 4.79 Å². The second-order valence-electron chi connectivity index (χ2n) is 3.93. The number of Topliss-reactive ketones (excluding diaryl/α,β-unsaturated/α-hetero) is 1. The summed E-state index contributed by atoms with van der Waals surface area (Å²) in [7, 11) is 1.96. The van der Waals surface area contributed by atoms with Gasteiger partial charge in [0.1, 0.15) is 5.78 Å². The number of hydrogen-bond acceptors (Lipinski definition) is 2. The van der Waals surface area contributed by atoms with Crippen molar-refractivity contribution in [2.24, 2.45) is 7.05 Å². The van der Waals surface area contributed by atoms with Gasteiger partial charge in [-0.05, 0) is 35.2 Å². The Balaban J connectivity index is 2.60. The largest absolute Gasteiger partial charge is 0.300 e. The van der Waals surface area contributed by atoms with Crippen LogP contribution in [0.3, 0.4) is 0 Å². The molecule has 1 rings (SSSR count). The molecular formula is C12H19BrN2O. The van der Waals surface area contributed by atoms with E-state index in [0.717, 1.165) is 29.4 Å². The topological polar surface area (TPSA) is 34.9 Å². The normalized spacial score (nSPS) is 10.8. The minimum absolute atomic E-state index is 0.342. The van der Waals surface area contributed by atoms with Gasteiger partial charge in [0.05, 0.1) is 15.9 Å². The van der Waals surface area contributed by atoms with Crippen LogP contribution in [0.5, 0.6) is 0 Å². The monoisotopic (exact) mass is 286 g/mol. The Bertz CT molecular complexity index is 371. The number of carbonyl (C=O) groups excluding carboxylic acids is 1. The van der Waals surface area contributed by atoms with E-state index in [1.165, 1.54) is 5.69 Å². The number of halogens is 1. The van der Waals surface area contributed by atoms with Gasteiger partial charge in [-0.15, -0.1) is 0 Å². The van der Waals surface area contributed by atoms with Crippen molar-refractivity contribution >= 4 is 21.7 Å². The molecule has 0 amide bonds. The number of aryl methyl sites for hydroxylation is 2. The van der Waals surface area contributed by atoms with E-state index >= 15 is 0 Å². The van der Waals surface area contributed by atoms with Crippen molar-refractivity contribution in [1.82, 2.24) is 9.78 Å². The van der Waals surface area contributed by atoms with E-state index < -0.39 is 0 Å². The van der Waals surface area contributed by atoms with Crippen molar-refractivity contribution in [3.63, 3.8) is 0 Å². The van der Waals surface area contributed by atoms with Crippen molar-refractivity contribution in [2.75, 3.05) is 0 Å². The second kappa shape index (κ2) is 6.18. The molecule has 0 aliphatic heterocycles. The summed E-state index contributed by atoms with van der Waals surface area (Å²) in [6, 6.07) is 0. The predicted octanol–water partition coefficient (Wildman–Crippen LogP) is 3.05. The van der Waals surface area contributed by atoms with E-state index in [0.29, 0.717) is 18.6 Å². The molecule has 16 heavy (non-hydrogen) atoms. The molecule has 0 radical (unpaired) electrons. The van der Waals surface area contributed by atoms with Gasteiger partial charge in [0, 0.05) is 19.9 Å². The van der Waals surface area contributed by atoms with Gasteiger partial charge in [-0.3, -0.25) is 9.48 Å². The lowest BCUT2D eigenvalue weighted by molar-refractivity contribution is -0.118. The molecule has 0 aliphatic rings. The molecule has 90 valence electrons. The number of ketones is 1. The number of carbonyl (C=O) groups is 1. The highest BCUT2D eigenvalue weighted by atomic mass is 79.9. The zero-order valence-corrected chi connectivity index (χ0v) is 11.8. The van der Waals surface area contributed by atoms with E-state index in [2.05, 4.69) is 28.0 Å². The standard InChI is InChI=1S/C12H19BrN2O/c1-4-9(16)7-6-8-11-12(13)10(5-2)14-15(11)3/h4-8H2,1-3H3. The summed E-state index contributed by atoms with van der Waals surface area (Å²) in [5.74, 6) is 0.342. The third-order valence-electron chi connectivity index (χ3n) is 2.77. The number of rotatable bonds is 6. The molecule has 0 atom stereocenters. The maximum absolute atomic E-state index is 11.2. The Hall–Kier alpha value is -0.640. The molecule has 0 aromatic carbocycles. The zero-order chi connectivity index (χ0) is 12.1. The Morgan fingerprint density at radius 3 is 2.62 bits per heavy atom. The number of hydrogen-bond donors (Lipinski definition) is 0. The highest BCUT2D eigenvalue weighted by Crippen LogP contribution is 2.23. The average Bonchev–Trinajstić information content (AvgIpc) is 2.55. The van der Waals surface area contributed by atoms with E-state index in [1.807, 2.05) is 18.7 Å². The fourth-order valence-corrected chi connectivity index (χ4v) is 2.54. The lowest BCUT2D eigenvalue weighted by Gasteiger charge is -2.02. The Morgan fingerprint density at radius 2 is 2.12 bits per heavy atom. The Morgan fingerprint density at radius 1 is 1.44 bits per heavy atom. The first-order chi connectivity index (χ1) is 7.60. The van der Waals surface area contributed by atoms with Crippen LogP contribution in [0.1, 0.15) is 44.5 Å². The van der Waals surface area contributed by atoms with Gasteiger partial charge in [0.15, 0.2) is 0 Å². The van der Waals surface area contributed by atoms with Crippen LogP contribution in [0.2, 0.25) is 0 Å². The predicted molar refractivity (Wildman–Crippen MR) is 68.5 cm³/mol. The van der Waals surface area contributed by atoms with Gasteiger partial charge < -0.3 is 0 Å². The summed E-state index contributed by atoms with van der Waals surface area (Å²) < 4.78 is 3.03. The van der Waals surface area contributed by atoms with Crippen molar-refractivity contribution in [3.05, 3.63) is 15.9 Å². The van der Waals surface area contributed by atoms with Crippen LogP contribution < -0.4 is 0 Å². The minimum atomic E-state index is 0.342. The van der Waals surface area contributed by atoms with Gasteiger partial charge in [-0.2, -0.15) is 5.10 Å². The van der Waals surface area contributed by atoms with Gasteiger partial charge in [0.2, 0.25) is 0 Å². The summed E-state index contributed by atoms with van der Waals surface area (Å²) in [6.45, 7) is 4.01. The fraction of sp³-hybridized carbons (Fsp3) is 0.667. The summed E-state index contributed by atoms with van der Waals surface area (Å²) in [5.41, 5.74) is 2.29. The molecule has 1 aromatic rings. The van der Waals surface area contributed by atoms with Crippen molar-refractivity contribution in [1.29, 1.82) is 0 Å². The molecule has 1 aromatic heterocycles. The molecule has 0 spiro atoms. The Kier molecular flexibility index (Phi) is 5.19. The van der Waals surface area contributed by atoms with Crippen LogP contribution >= 0.6 is 15.9 Å². The van der Waals surface area contributed by atoms with E-state index in [4.69, 9.17) is 0 Å². The third-order valence-corrected chi connectivity index (χ3v) is 3.68. The van der Waals surface area contributed by atoms with Gasteiger partial charge in [-0.25, -0.2) is 0 Å². The van der Waals surface area contributed by atoms with Crippen LogP contribution in [0.4, 0.5) is 0 Å². The third kappa shape index (κ3) is 3.17. The zero-order valence-electron chi connectivity index (χ0n) is 10.2. The first kappa shape index (κ1) is 13.4. The molecule has 0 unspecified atom stereocenters. The van der Waals surface area contributed by atoms with Crippen LogP contribution in [0.25, 0.3) is 0 Å². The van der Waals surface area contributed by atoms with Crippen molar-refractivity contribution in [3.8, 4) is 0 Å². The smallest absolute Gasteiger partial charge is 0.132 e. The quantitative estimate of drug-likeness (QED) is 0.806. The molecule has 0 bridgehead atoms. The highest BCUT2D eigenvalue weighted by Gasteiger charge is 2.12. The lowest BCUT2D eigenvalue weighted by Crippen LogP contribution is -2.01. The van der Waals surface area contributed by atoms with Crippen LogP contribution in [-0.2, 0) is 24.7 Å². The molecule has 4 heteroatoms. The van der Waals surface area contributed by atoms with Crippen LogP contribution in [0.15, 0.2) is 4.47 Å². The SMILES string of the molecule is CCC(=O)CCCc1c(Br)c(CC)nn1C. The number of nitrogens with zero attached hydrogens (tertiary/aromatic N) is 2. The first-order valence-corrected chi connectivity index (χ1v) is 6.61. The highest BCUT2D eigenvalue weighted by molar-refractivity contribution is 9.10. The summed E-state index contributed by atoms with van der Waals surface area (Å²) in [4.78, 5) is 11.2. The Labute approximate surface area is 105 Å². The fourth-order valence-electron chi connectivity index (χ4n) is 1.72. The maximum Gasteiger partial charge on any atom is 0.132 e. The number of aromatic nitrogens is 2. The average molecular weight is 287 g/mol. The summed E-state index contributed by atoms with van der Waals surface area (Å²) in [5, 5.41) is 4.43. The van der Waals surface area contributed by atoms with Gasteiger partial charge >= 0.3 is 0 Å². The minimum Gasteiger partial charge on any atom is -0.300 e. The molecule has 0 saturated heterocycles. The van der Waals surface area contributed by atoms with Gasteiger partial charge in [-0.1, -0.05) is 13.8 Å². The van der Waals surface area contributed by atoms with Crippen molar-refractivity contribution in [2.45, 2.75) is 46.0 Å². The molecule has 0 fully saturated rings. The molecule has 0 N–H and O–H groups in total. The van der Waals surface area contributed by atoms with E-state index in [1.54, 1.807) is 0 Å². The molecule has 0 saturated carbocycles. The van der Waals surface area contributed by atoms with Gasteiger partial charge in [0.25, 0.3) is 0 Å². The molecule has 1 heterocycles. The maximum atomic E-state index is 11.2. The lowest BCUT2D eigenvalue weighted by atomic mass is 10.1. The molecule has 3 nitrogen and oxygen atoms in total. The summed E-state index contributed by atoms with van der Waals surface area (Å²) >= 11 is 3.58. The van der Waals surface area contributed by atoms with Crippen molar-refractivity contribution < 1.29 is 4.79 Å². The molecule has 0 aliphatic carbocycles. The second-order valence-corrected chi connectivity index (χ2v) is 4.72. The van der Waals surface area contributed by atoms with Crippen LogP contribution in [0, 0.1) is 0 Å². The first-order valence-electron chi connectivity index (χ1n) is 5.82. The summed E-state index contributed by atoms with van der Waals surface area (Å²) in [6.07, 6.45) is 4.08. The van der Waals surface area contributed by atoms with Crippen LogP contribution in [-0.4, -0.2) is 15.6 Å². The molecular weight excluding hydrogens is 268 g/mol.